The Hall–Kier alpha value is -3.27. The van der Waals surface area contributed by atoms with Gasteiger partial charge < -0.3 is 14.8 Å². The lowest BCUT2D eigenvalue weighted by Gasteiger charge is -2.32. The fourth-order valence-corrected chi connectivity index (χ4v) is 3.24. The Morgan fingerprint density at radius 2 is 1.46 bits per heavy atom. The van der Waals surface area contributed by atoms with Crippen LogP contribution in [0.25, 0.3) is 0 Å². The summed E-state index contributed by atoms with van der Waals surface area (Å²) in [5, 5.41) is 3.21. The van der Waals surface area contributed by atoms with Gasteiger partial charge >= 0.3 is 0 Å². The highest BCUT2D eigenvalue weighted by atomic mass is 16.5. The van der Waals surface area contributed by atoms with Gasteiger partial charge in [0.2, 0.25) is 0 Å². The van der Waals surface area contributed by atoms with E-state index in [0.29, 0.717) is 23.7 Å². The molecule has 0 aliphatic rings. The first-order valence-electron chi connectivity index (χ1n) is 9.33. The van der Waals surface area contributed by atoms with E-state index in [1.165, 1.54) is 0 Å². The van der Waals surface area contributed by atoms with Crippen molar-refractivity contribution in [1.29, 1.82) is 0 Å². The van der Waals surface area contributed by atoms with Crippen LogP contribution in [0.15, 0.2) is 78.9 Å². The molecule has 0 atom stereocenters. The predicted molar refractivity (Wildman–Crippen MR) is 111 cm³/mol. The maximum absolute atomic E-state index is 13.1. The molecule has 0 aliphatic heterocycles. The van der Waals surface area contributed by atoms with Gasteiger partial charge in [0.15, 0.2) is 11.5 Å². The van der Waals surface area contributed by atoms with E-state index >= 15 is 0 Å². The molecule has 1 N–H and O–H groups in total. The smallest absolute Gasteiger partial charge is 0.252 e. The third-order valence-corrected chi connectivity index (χ3v) is 4.79. The van der Waals surface area contributed by atoms with E-state index in [-0.39, 0.29) is 5.91 Å². The van der Waals surface area contributed by atoms with Gasteiger partial charge in [0.1, 0.15) is 0 Å². The van der Waals surface area contributed by atoms with Gasteiger partial charge in [-0.05, 0) is 43.2 Å². The van der Waals surface area contributed by atoms with Gasteiger partial charge in [-0.25, -0.2) is 0 Å². The number of hydrogen-bond acceptors (Lipinski definition) is 3. The summed E-state index contributed by atoms with van der Waals surface area (Å²) in [7, 11) is 1.57. The first kappa shape index (κ1) is 19.5. The van der Waals surface area contributed by atoms with Crippen LogP contribution in [-0.4, -0.2) is 19.6 Å². The van der Waals surface area contributed by atoms with Crippen LogP contribution < -0.4 is 14.8 Å². The zero-order valence-corrected chi connectivity index (χ0v) is 16.4. The first-order chi connectivity index (χ1) is 13.6. The molecule has 0 radical (unpaired) electrons. The van der Waals surface area contributed by atoms with Crippen molar-refractivity contribution in [3.05, 3.63) is 95.6 Å². The molecule has 4 heteroatoms. The standard InChI is InChI=1S/C24H25NO3/c1-4-28-21-16-15-18(17-22(21)27-3)23(26)25-24(2,19-11-7-5-8-12-19)20-13-9-6-10-14-20/h5-17H,4H2,1-3H3,(H,25,26). The first-order valence-corrected chi connectivity index (χ1v) is 9.33. The third-order valence-electron chi connectivity index (χ3n) is 4.79. The van der Waals surface area contributed by atoms with Crippen LogP contribution in [0.2, 0.25) is 0 Å². The number of nitrogens with one attached hydrogen (secondary N) is 1. The van der Waals surface area contributed by atoms with E-state index in [4.69, 9.17) is 9.47 Å². The summed E-state index contributed by atoms with van der Waals surface area (Å²) in [6, 6.07) is 25.1. The fraction of sp³-hybridized carbons (Fsp3) is 0.208. The highest BCUT2D eigenvalue weighted by Crippen LogP contribution is 2.31. The number of amides is 1. The van der Waals surface area contributed by atoms with Crippen LogP contribution in [0.1, 0.15) is 35.3 Å². The summed E-state index contributed by atoms with van der Waals surface area (Å²) < 4.78 is 10.9. The Morgan fingerprint density at radius 3 is 1.96 bits per heavy atom. The molecule has 3 aromatic carbocycles. The maximum atomic E-state index is 13.1. The lowest BCUT2D eigenvalue weighted by molar-refractivity contribution is 0.0918. The van der Waals surface area contributed by atoms with Gasteiger partial charge in [0.25, 0.3) is 5.91 Å². The van der Waals surface area contributed by atoms with E-state index in [1.807, 2.05) is 74.5 Å². The number of ether oxygens (including phenoxy) is 2. The molecule has 0 fully saturated rings. The Balaban J connectivity index is 1.97. The van der Waals surface area contributed by atoms with Gasteiger partial charge in [-0.15, -0.1) is 0 Å². The summed E-state index contributed by atoms with van der Waals surface area (Å²) >= 11 is 0. The highest BCUT2D eigenvalue weighted by molar-refractivity contribution is 5.95. The monoisotopic (exact) mass is 375 g/mol. The molecule has 0 aliphatic carbocycles. The molecular weight excluding hydrogens is 350 g/mol. The number of rotatable bonds is 7. The van der Waals surface area contributed by atoms with Crippen molar-refractivity contribution in [2.75, 3.05) is 13.7 Å². The minimum Gasteiger partial charge on any atom is -0.493 e. The van der Waals surface area contributed by atoms with Crippen LogP contribution in [0, 0.1) is 0 Å². The lowest BCUT2D eigenvalue weighted by Crippen LogP contribution is -2.44. The second-order valence-electron chi connectivity index (χ2n) is 6.61. The minimum absolute atomic E-state index is 0.184. The second-order valence-corrected chi connectivity index (χ2v) is 6.61. The van der Waals surface area contributed by atoms with Crippen molar-refractivity contribution in [3.8, 4) is 11.5 Å². The van der Waals surface area contributed by atoms with E-state index in [1.54, 1.807) is 25.3 Å². The van der Waals surface area contributed by atoms with Crippen molar-refractivity contribution in [2.24, 2.45) is 0 Å². The van der Waals surface area contributed by atoms with Crippen molar-refractivity contribution in [3.63, 3.8) is 0 Å². The van der Waals surface area contributed by atoms with Crippen LogP contribution >= 0.6 is 0 Å². The number of methoxy groups -OCH3 is 1. The average Bonchev–Trinajstić information content (AvgIpc) is 2.75. The molecule has 144 valence electrons. The largest absolute Gasteiger partial charge is 0.493 e. The molecule has 0 unspecified atom stereocenters. The van der Waals surface area contributed by atoms with E-state index in [2.05, 4.69) is 5.32 Å². The van der Waals surface area contributed by atoms with Crippen molar-refractivity contribution >= 4 is 5.91 Å². The van der Waals surface area contributed by atoms with Gasteiger partial charge in [0.05, 0.1) is 19.3 Å². The normalized spacial score (nSPS) is 11.0. The van der Waals surface area contributed by atoms with Crippen molar-refractivity contribution < 1.29 is 14.3 Å². The SMILES string of the molecule is CCOc1ccc(C(=O)NC(C)(c2ccccc2)c2ccccc2)cc1OC. The van der Waals surface area contributed by atoms with Gasteiger partial charge in [0, 0.05) is 5.56 Å². The Morgan fingerprint density at radius 1 is 0.893 bits per heavy atom. The summed E-state index contributed by atoms with van der Waals surface area (Å²) in [6.07, 6.45) is 0. The molecule has 3 aromatic rings. The Labute approximate surface area is 166 Å². The van der Waals surface area contributed by atoms with Crippen LogP contribution in [0.5, 0.6) is 11.5 Å². The molecule has 0 bridgehead atoms. The predicted octanol–water partition coefficient (Wildman–Crippen LogP) is 4.79. The average molecular weight is 375 g/mol. The summed E-state index contributed by atoms with van der Waals surface area (Å²) in [5.74, 6) is 0.975. The highest BCUT2D eigenvalue weighted by Gasteiger charge is 2.31. The van der Waals surface area contributed by atoms with Gasteiger partial charge in [-0.1, -0.05) is 60.7 Å². The maximum Gasteiger partial charge on any atom is 0.252 e. The summed E-state index contributed by atoms with van der Waals surface area (Å²) in [4.78, 5) is 13.1. The van der Waals surface area contributed by atoms with Crippen LogP contribution in [0.4, 0.5) is 0 Å². The summed E-state index contributed by atoms with van der Waals surface area (Å²) in [6.45, 7) is 4.45. The molecule has 0 aromatic heterocycles. The topological polar surface area (TPSA) is 47.6 Å². The minimum atomic E-state index is -0.675. The lowest BCUT2D eigenvalue weighted by atomic mass is 9.84. The fourth-order valence-electron chi connectivity index (χ4n) is 3.24. The quantitative estimate of drug-likeness (QED) is 0.646. The molecule has 4 nitrogen and oxygen atoms in total. The van der Waals surface area contributed by atoms with E-state index < -0.39 is 5.54 Å². The Kier molecular flexibility index (Phi) is 5.99. The van der Waals surface area contributed by atoms with Crippen molar-refractivity contribution in [2.45, 2.75) is 19.4 Å². The molecule has 0 heterocycles. The molecule has 0 spiro atoms. The number of hydrogen-bond donors (Lipinski definition) is 1. The zero-order chi connectivity index (χ0) is 20.0. The molecule has 28 heavy (non-hydrogen) atoms. The van der Waals surface area contributed by atoms with Gasteiger partial charge in [-0.2, -0.15) is 0 Å². The third kappa shape index (κ3) is 4.01. The molecule has 1 amide bonds. The van der Waals surface area contributed by atoms with E-state index in [0.717, 1.165) is 11.1 Å². The van der Waals surface area contributed by atoms with Crippen molar-refractivity contribution in [1.82, 2.24) is 5.32 Å². The number of carbonyl (C=O) groups is 1. The summed E-state index contributed by atoms with van der Waals surface area (Å²) in [5.41, 5.74) is 1.85. The molecule has 3 rings (SSSR count). The van der Waals surface area contributed by atoms with E-state index in [9.17, 15) is 4.79 Å². The Bertz CT molecular complexity index is 884. The molecular formula is C24H25NO3. The van der Waals surface area contributed by atoms with Gasteiger partial charge in [-0.3, -0.25) is 4.79 Å². The number of benzene rings is 3. The molecule has 0 saturated heterocycles. The zero-order valence-electron chi connectivity index (χ0n) is 16.4. The van der Waals surface area contributed by atoms with Crippen LogP contribution in [-0.2, 0) is 5.54 Å². The number of carbonyl (C=O) groups excluding carboxylic acids is 1. The van der Waals surface area contributed by atoms with Crippen LogP contribution in [0.3, 0.4) is 0 Å². The second kappa shape index (κ2) is 8.61. The molecule has 0 saturated carbocycles.